The van der Waals surface area contributed by atoms with E-state index in [1.807, 2.05) is 72.7 Å². The van der Waals surface area contributed by atoms with Gasteiger partial charge in [-0.25, -0.2) is 0 Å². The van der Waals surface area contributed by atoms with Gasteiger partial charge >= 0.3 is 30.9 Å². The minimum Gasteiger partial charge on any atom is -0.512 e. The van der Waals surface area contributed by atoms with Gasteiger partial charge in [-0.05, 0) is 94.3 Å². The molecule has 80 heavy (non-hydrogen) atoms. The van der Waals surface area contributed by atoms with Crippen LogP contribution in [0.1, 0.15) is 108 Å². The number of nitrogens with zero attached hydrogens (tertiary/aromatic N) is 1. The fourth-order valence-corrected chi connectivity index (χ4v) is 9.27. The molecule has 6 aromatic carbocycles. The molecule has 3 nitrogen and oxygen atoms in total. The van der Waals surface area contributed by atoms with Gasteiger partial charge in [0.1, 0.15) is 0 Å². The zero-order chi connectivity index (χ0) is 58.8. The zero-order valence-corrected chi connectivity index (χ0v) is 46.3. The molecule has 0 aliphatic rings. The van der Waals surface area contributed by atoms with Gasteiger partial charge in [0, 0.05) is 55.5 Å². The molecular weight excluding hydrogens is 1260 g/mol. The van der Waals surface area contributed by atoms with E-state index in [9.17, 15) is 75.8 Å². The Balaban J connectivity index is 0.000000643. The van der Waals surface area contributed by atoms with Gasteiger partial charge in [0.2, 0.25) is 0 Å². The molecule has 0 saturated heterocycles. The second-order valence-electron chi connectivity index (χ2n) is 19.9. The number of ketones is 1. The van der Waals surface area contributed by atoms with Crippen molar-refractivity contribution in [3.05, 3.63) is 173 Å². The van der Waals surface area contributed by atoms with E-state index >= 15 is 0 Å². The smallest absolute Gasteiger partial charge is 0.418 e. The number of aliphatic hydroxyl groups excluding tert-OH is 1. The number of pyridine rings is 1. The van der Waals surface area contributed by atoms with Crippen LogP contribution in [-0.2, 0) is 61.2 Å². The summed E-state index contributed by atoms with van der Waals surface area (Å²) < 4.78 is 213. The predicted molar refractivity (Wildman–Crippen MR) is 275 cm³/mol. The van der Waals surface area contributed by atoms with Gasteiger partial charge < -0.3 is 5.11 Å². The van der Waals surface area contributed by atoms with Crippen molar-refractivity contribution < 1.29 is 95.9 Å². The molecule has 0 atom stereocenters. The van der Waals surface area contributed by atoms with Gasteiger partial charge in [0.15, 0.2) is 5.78 Å². The molecule has 0 amide bonds. The molecule has 7 aromatic rings. The van der Waals surface area contributed by atoms with Crippen LogP contribution in [0.5, 0.6) is 0 Å². The molecule has 1 heterocycles. The average molecular weight is 1310 g/mol. The summed E-state index contributed by atoms with van der Waals surface area (Å²) in [5.74, 6) is 0.547. The first kappa shape index (κ1) is 64.4. The molecule has 1 aromatic heterocycles. The maximum absolute atomic E-state index is 14.6. The van der Waals surface area contributed by atoms with E-state index in [-0.39, 0.29) is 95.5 Å². The van der Waals surface area contributed by atoms with Gasteiger partial charge in [0.25, 0.3) is 0 Å². The van der Waals surface area contributed by atoms with Gasteiger partial charge in [0.05, 0.1) is 33.6 Å². The van der Waals surface area contributed by atoms with Crippen LogP contribution in [0.25, 0.3) is 66.5 Å². The number of aliphatic hydroxyl groups is 1. The topological polar surface area (TPSA) is 50.2 Å². The van der Waals surface area contributed by atoms with Crippen LogP contribution in [0, 0.1) is 17.9 Å². The number of carbonyl (C=O) groups is 1. The molecule has 1 radical (unpaired) electrons. The number of hydrogen-bond acceptors (Lipinski definition) is 3. The second kappa shape index (κ2) is 24.7. The van der Waals surface area contributed by atoms with E-state index in [0.29, 0.717) is 17.3 Å². The Kier molecular flexibility index (Phi) is 19.9. The van der Waals surface area contributed by atoms with Gasteiger partial charge in [-0.2, -0.15) is 65.9 Å². The minimum atomic E-state index is -5.62. The molecule has 1 N–H and O–H groups in total. The predicted octanol–water partition coefficient (Wildman–Crippen LogP) is 20.6. The second-order valence-corrected chi connectivity index (χ2v) is 19.9. The monoisotopic (exact) mass is 1310 g/mol. The first-order valence-electron chi connectivity index (χ1n) is 24.9. The third-order valence-corrected chi connectivity index (χ3v) is 13.6. The molecule has 19 heteroatoms. The van der Waals surface area contributed by atoms with Gasteiger partial charge in [-0.15, -0.1) is 29.1 Å². The van der Waals surface area contributed by atoms with Crippen molar-refractivity contribution >= 4 is 16.6 Å². The van der Waals surface area contributed by atoms with E-state index in [1.54, 1.807) is 6.07 Å². The van der Waals surface area contributed by atoms with Crippen LogP contribution < -0.4 is 0 Å². The first-order chi connectivity index (χ1) is 36.6. The Morgan fingerprint density at radius 2 is 0.988 bits per heavy atom. The quantitative estimate of drug-likeness (QED) is 0.0574. The van der Waals surface area contributed by atoms with E-state index in [2.05, 4.69) is 11.1 Å². The number of halogens is 15. The number of carbonyl (C=O) groups excluding carboxylic acids is 1. The summed E-state index contributed by atoms with van der Waals surface area (Å²) in [5.41, 5.74) is -12.2. The van der Waals surface area contributed by atoms with Gasteiger partial charge in [-0.3, -0.25) is 9.78 Å². The summed E-state index contributed by atoms with van der Waals surface area (Å²) >= 11 is 0. The van der Waals surface area contributed by atoms with Gasteiger partial charge in [-0.1, -0.05) is 138 Å². The van der Waals surface area contributed by atoms with Crippen molar-refractivity contribution in [3.63, 3.8) is 0 Å². The van der Waals surface area contributed by atoms with Crippen molar-refractivity contribution in [3.8, 4) is 55.8 Å². The van der Waals surface area contributed by atoms with Crippen LogP contribution in [0.2, 0.25) is 0 Å². The van der Waals surface area contributed by atoms with E-state index in [4.69, 9.17) is 0 Å². The van der Waals surface area contributed by atoms with Crippen molar-refractivity contribution in [1.82, 2.24) is 4.98 Å². The number of allylic oxidation sites excluding steroid dienone is 2. The molecular formula is C61H53F15IrNO2-. The number of fused-ring (bicyclic) bond motifs is 1. The first-order valence-corrected chi connectivity index (χ1v) is 24.9. The maximum atomic E-state index is 14.6. The number of rotatable bonds is 12. The van der Waals surface area contributed by atoms with Crippen molar-refractivity contribution in [1.29, 1.82) is 0 Å². The summed E-state index contributed by atoms with van der Waals surface area (Å²) in [7, 11) is 0. The summed E-state index contributed by atoms with van der Waals surface area (Å²) in [6.07, 6.45) is -21.4. The molecule has 429 valence electrons. The van der Waals surface area contributed by atoms with E-state index in [0.717, 1.165) is 66.3 Å². The number of aromatic nitrogens is 1. The summed E-state index contributed by atoms with van der Waals surface area (Å²) in [4.78, 5) is 15.9. The van der Waals surface area contributed by atoms with Crippen LogP contribution in [0.3, 0.4) is 0 Å². The molecule has 0 aliphatic heterocycles. The molecule has 0 saturated carbocycles. The average Bonchev–Trinajstić information content (AvgIpc) is 3.42. The zero-order valence-electron chi connectivity index (χ0n) is 43.9. The Morgan fingerprint density at radius 1 is 0.512 bits per heavy atom. The Hall–Kier alpha value is -6.46. The summed E-state index contributed by atoms with van der Waals surface area (Å²) in [6.45, 7) is 14.0. The van der Waals surface area contributed by atoms with Crippen molar-refractivity contribution in [2.45, 2.75) is 110 Å². The standard InChI is InChI=1S/C48H29F15N.C13H24O2.Ir/c1-43(2,3)36-21-31(18-29-6-4-5-7-33(29)36)41-23-35(40(24-64-41)48(61,62)63)27-12-8-25(9-13-27)26-10-14-28(15-11-26)42-38(46(55,56)57)19-30(20-39(42)47(58,59)60)34-17-16-32(44(49,50)51)22-37(34)45(52,53)54;1-5-10(6-2)12(14)9-13(15)11(7-3)8-4;/h4-17,19-24H,1-3H3;9-11,14H,5-8H2,1-4H3;/q-1;;/b;12-9-;. The minimum absolute atomic E-state index is 0. The summed E-state index contributed by atoms with van der Waals surface area (Å²) in [5, 5.41) is 11.4. The van der Waals surface area contributed by atoms with E-state index < -0.39 is 87.0 Å². The number of hydrogen-bond donors (Lipinski definition) is 1. The SMILES string of the molecule is CC(C)(C)c1cc(-c2cc(-c3ccc(-c4ccc(-c5c(C(F)(F)F)cc(-c6ccc(C(F)(F)F)cc6C(F)(F)F)cc5C(F)(F)F)cc4)cc3)c(C(F)(F)F)cn2)[c-]c2ccccc12.CCC(CC)C(=O)/C=C(\O)C(CC)CC.[Ir]. The molecule has 0 fully saturated rings. The fourth-order valence-electron chi connectivity index (χ4n) is 9.27. The normalized spacial score (nSPS) is 12.9. The fraction of sp³-hybridized carbons (Fsp3) is 0.311. The van der Waals surface area contributed by atoms with Crippen LogP contribution in [-0.4, -0.2) is 15.9 Å². The van der Waals surface area contributed by atoms with Crippen LogP contribution in [0.15, 0.2) is 133 Å². The molecule has 0 aliphatic carbocycles. The largest absolute Gasteiger partial charge is 0.512 e. The molecule has 7 rings (SSSR count). The molecule has 0 spiro atoms. The Morgan fingerprint density at radius 3 is 1.45 bits per heavy atom. The van der Waals surface area contributed by atoms with E-state index in [1.165, 1.54) is 36.4 Å². The maximum Gasteiger partial charge on any atom is 0.418 e. The van der Waals surface area contributed by atoms with Crippen LogP contribution >= 0.6 is 0 Å². The Bertz CT molecular complexity index is 3280. The van der Waals surface area contributed by atoms with Crippen molar-refractivity contribution in [2.75, 3.05) is 0 Å². The molecule has 0 bridgehead atoms. The number of benzene rings is 6. The third kappa shape index (κ3) is 14.9. The summed E-state index contributed by atoms with van der Waals surface area (Å²) in [6, 6.07) is 23.2. The number of alkyl halides is 15. The third-order valence-electron chi connectivity index (χ3n) is 13.6. The molecule has 0 unspecified atom stereocenters. The Labute approximate surface area is 466 Å². The van der Waals surface area contributed by atoms with Crippen LogP contribution in [0.4, 0.5) is 65.9 Å². The van der Waals surface area contributed by atoms with Crippen molar-refractivity contribution in [2.24, 2.45) is 11.8 Å².